The van der Waals surface area contributed by atoms with Crippen molar-refractivity contribution >= 4 is 37.4 Å². The average Bonchev–Trinajstić information content (AvgIpc) is 2.32. The fraction of sp³-hybridized carbons (Fsp3) is 0. The normalized spacial score (nSPS) is 10.8. The van der Waals surface area contributed by atoms with Crippen LogP contribution in [-0.2, 0) is 0 Å². The van der Waals surface area contributed by atoms with E-state index in [-0.39, 0.29) is 10.9 Å². The number of hydrogen-bond acceptors (Lipinski definition) is 2. The number of thiophene rings is 1. The Morgan fingerprint density at radius 1 is 1.42 bits per heavy atom. The summed E-state index contributed by atoms with van der Waals surface area (Å²) in [7, 11) is 0. The fourth-order valence-electron chi connectivity index (χ4n) is 1.04. The molecule has 0 unspecified atom stereocenters. The third-order valence-corrected chi connectivity index (χ3v) is 3.67. The summed E-state index contributed by atoms with van der Waals surface area (Å²) in [4.78, 5) is 0. The lowest BCUT2D eigenvalue weighted by atomic mass is 10.2. The van der Waals surface area contributed by atoms with Crippen LogP contribution >= 0.6 is 27.3 Å². The van der Waals surface area contributed by atoms with Crippen molar-refractivity contribution < 1.29 is 9.50 Å². The highest BCUT2D eigenvalue weighted by molar-refractivity contribution is 9.10. The molecule has 1 nitrogen and oxygen atoms in total. The van der Waals surface area contributed by atoms with Crippen LogP contribution in [0.4, 0.5) is 4.39 Å². The Kier molecular flexibility index (Phi) is 1.81. The molecule has 2 aromatic rings. The Balaban J connectivity index is 2.95. The molecule has 0 radical (unpaired) electrons. The molecule has 1 N–H and O–H groups in total. The van der Waals surface area contributed by atoms with Gasteiger partial charge in [0.05, 0.1) is 9.17 Å². The van der Waals surface area contributed by atoms with Crippen molar-refractivity contribution in [1.82, 2.24) is 0 Å². The zero-order valence-electron chi connectivity index (χ0n) is 5.84. The maximum absolute atomic E-state index is 13.1. The van der Waals surface area contributed by atoms with E-state index in [0.717, 1.165) is 16.7 Å². The average molecular weight is 247 g/mol. The molecule has 0 spiro atoms. The first kappa shape index (κ1) is 8.01. The Labute approximate surface area is 80.6 Å². The number of rotatable bonds is 0. The van der Waals surface area contributed by atoms with E-state index in [1.165, 1.54) is 6.07 Å². The summed E-state index contributed by atoms with van der Waals surface area (Å²) in [5.74, 6) is -0.293. The van der Waals surface area contributed by atoms with Crippen LogP contribution in [0.5, 0.6) is 5.06 Å². The third-order valence-electron chi connectivity index (χ3n) is 1.59. The largest absolute Gasteiger partial charge is 0.499 e. The predicted molar refractivity (Wildman–Crippen MR) is 51.1 cm³/mol. The van der Waals surface area contributed by atoms with Crippen molar-refractivity contribution in [2.75, 3.05) is 0 Å². The topological polar surface area (TPSA) is 20.2 Å². The number of aromatic hydroxyl groups is 1. The van der Waals surface area contributed by atoms with Gasteiger partial charge in [-0.1, -0.05) is 23.5 Å². The van der Waals surface area contributed by atoms with E-state index in [1.807, 2.05) is 0 Å². The SMILES string of the molecule is Oc1sc2c(F)cccc2c1Br. The van der Waals surface area contributed by atoms with Crippen molar-refractivity contribution in [1.29, 1.82) is 0 Å². The van der Waals surface area contributed by atoms with Gasteiger partial charge in [-0.25, -0.2) is 4.39 Å². The molecular weight excluding hydrogens is 243 g/mol. The molecule has 0 saturated heterocycles. The van der Waals surface area contributed by atoms with E-state index < -0.39 is 0 Å². The van der Waals surface area contributed by atoms with Crippen molar-refractivity contribution in [2.24, 2.45) is 0 Å². The molecule has 0 aliphatic rings. The number of halogens is 2. The summed E-state index contributed by atoms with van der Waals surface area (Å²) in [5.41, 5.74) is 0. The lowest BCUT2D eigenvalue weighted by Gasteiger charge is -1.89. The van der Waals surface area contributed by atoms with Crippen LogP contribution in [0, 0.1) is 5.82 Å². The van der Waals surface area contributed by atoms with Gasteiger partial charge < -0.3 is 5.11 Å². The van der Waals surface area contributed by atoms with E-state index in [4.69, 9.17) is 0 Å². The third kappa shape index (κ3) is 1.03. The lowest BCUT2D eigenvalue weighted by molar-refractivity contribution is 0.488. The molecule has 1 aromatic carbocycles. The minimum absolute atomic E-state index is 0.120. The fourth-order valence-corrected chi connectivity index (χ4v) is 2.59. The molecule has 0 saturated carbocycles. The van der Waals surface area contributed by atoms with Gasteiger partial charge in [-0.15, -0.1) is 0 Å². The first-order chi connectivity index (χ1) is 5.70. The van der Waals surface area contributed by atoms with E-state index in [0.29, 0.717) is 9.17 Å². The van der Waals surface area contributed by atoms with Gasteiger partial charge in [-0.3, -0.25) is 0 Å². The van der Waals surface area contributed by atoms with Crippen molar-refractivity contribution in [3.63, 3.8) is 0 Å². The van der Waals surface area contributed by atoms with E-state index in [9.17, 15) is 9.50 Å². The molecule has 0 atom stereocenters. The maximum Gasteiger partial charge on any atom is 0.187 e. The van der Waals surface area contributed by atoms with Gasteiger partial charge >= 0.3 is 0 Å². The highest BCUT2D eigenvalue weighted by Crippen LogP contribution is 2.41. The number of hydrogen-bond donors (Lipinski definition) is 1. The van der Waals surface area contributed by atoms with Gasteiger partial charge in [-0.2, -0.15) is 0 Å². The van der Waals surface area contributed by atoms with Gasteiger partial charge in [0.15, 0.2) is 5.06 Å². The lowest BCUT2D eigenvalue weighted by Crippen LogP contribution is -1.70. The van der Waals surface area contributed by atoms with Crippen LogP contribution in [-0.4, -0.2) is 5.11 Å². The van der Waals surface area contributed by atoms with E-state index in [1.54, 1.807) is 12.1 Å². The summed E-state index contributed by atoms with van der Waals surface area (Å²) < 4.78 is 14.1. The van der Waals surface area contributed by atoms with Gasteiger partial charge in [-0.05, 0) is 22.0 Å². The monoisotopic (exact) mass is 246 g/mol. The molecule has 0 aliphatic carbocycles. The molecule has 0 fully saturated rings. The summed E-state index contributed by atoms with van der Waals surface area (Å²) in [5, 5.41) is 10.1. The molecule has 1 heterocycles. The smallest absolute Gasteiger partial charge is 0.187 e. The molecule has 0 aliphatic heterocycles. The van der Waals surface area contributed by atoms with Gasteiger partial charge in [0.25, 0.3) is 0 Å². The Morgan fingerprint density at radius 3 is 2.83 bits per heavy atom. The molecule has 0 amide bonds. The van der Waals surface area contributed by atoms with Crippen molar-refractivity contribution in [2.45, 2.75) is 0 Å². The number of benzene rings is 1. The van der Waals surface area contributed by atoms with Crippen molar-refractivity contribution in [3.8, 4) is 5.06 Å². The summed E-state index contributed by atoms with van der Waals surface area (Å²) in [6.45, 7) is 0. The second kappa shape index (κ2) is 2.71. The summed E-state index contributed by atoms with van der Waals surface area (Å²) in [6, 6.07) is 4.76. The quantitative estimate of drug-likeness (QED) is 0.755. The molecule has 0 bridgehead atoms. The predicted octanol–water partition coefficient (Wildman–Crippen LogP) is 3.51. The number of fused-ring (bicyclic) bond motifs is 1. The Bertz CT molecular complexity index is 438. The zero-order chi connectivity index (χ0) is 8.72. The summed E-state index contributed by atoms with van der Waals surface area (Å²) in [6.07, 6.45) is 0. The Morgan fingerprint density at radius 2 is 2.17 bits per heavy atom. The van der Waals surface area contributed by atoms with Crippen LogP contribution in [0.3, 0.4) is 0 Å². The second-order valence-electron chi connectivity index (χ2n) is 2.34. The second-order valence-corrected chi connectivity index (χ2v) is 4.13. The zero-order valence-corrected chi connectivity index (χ0v) is 8.25. The van der Waals surface area contributed by atoms with E-state index in [2.05, 4.69) is 15.9 Å². The van der Waals surface area contributed by atoms with Crippen LogP contribution in [0.15, 0.2) is 22.7 Å². The minimum atomic E-state index is -0.293. The van der Waals surface area contributed by atoms with Gasteiger partial charge in [0.2, 0.25) is 0 Å². The van der Waals surface area contributed by atoms with E-state index >= 15 is 0 Å². The highest BCUT2D eigenvalue weighted by Gasteiger charge is 2.10. The maximum atomic E-state index is 13.1. The molecule has 4 heteroatoms. The van der Waals surface area contributed by atoms with Crippen LogP contribution in [0.25, 0.3) is 10.1 Å². The standard InChI is InChI=1S/C8H4BrFOS/c9-6-4-2-1-3-5(10)7(4)12-8(6)11/h1-3,11H. The first-order valence-electron chi connectivity index (χ1n) is 3.25. The molecule has 12 heavy (non-hydrogen) atoms. The van der Waals surface area contributed by atoms with Crippen LogP contribution < -0.4 is 0 Å². The molecule has 1 aromatic heterocycles. The first-order valence-corrected chi connectivity index (χ1v) is 4.86. The van der Waals surface area contributed by atoms with Gasteiger partial charge in [0, 0.05) is 5.39 Å². The molecule has 62 valence electrons. The van der Waals surface area contributed by atoms with Crippen LogP contribution in [0.1, 0.15) is 0 Å². The molecule has 2 rings (SSSR count). The minimum Gasteiger partial charge on any atom is -0.499 e. The highest BCUT2D eigenvalue weighted by atomic mass is 79.9. The van der Waals surface area contributed by atoms with Gasteiger partial charge in [0.1, 0.15) is 5.82 Å². The van der Waals surface area contributed by atoms with Crippen LogP contribution in [0.2, 0.25) is 0 Å². The van der Waals surface area contributed by atoms with Crippen molar-refractivity contribution in [3.05, 3.63) is 28.5 Å². The molecular formula is C8H4BrFOS. The summed E-state index contributed by atoms with van der Waals surface area (Å²) >= 11 is 4.22. The Hall–Kier alpha value is -0.610.